The number of nitrogen functional groups attached to an aromatic ring is 1. The Bertz CT molecular complexity index is 909. The smallest absolute Gasteiger partial charge is 0.274 e. The molecule has 2 aromatic rings. The second-order valence-corrected chi connectivity index (χ2v) is 7.58. The Kier molecular flexibility index (Phi) is 3.24. The molecule has 1 amide bonds. The molecule has 0 bridgehead atoms. The number of carbonyl (C=O) groups excluding carboxylic acids is 1. The lowest BCUT2D eigenvalue weighted by Gasteiger charge is -2.17. The van der Waals surface area contributed by atoms with Crippen molar-refractivity contribution in [3.63, 3.8) is 0 Å². The Labute approximate surface area is 151 Å². The van der Waals surface area contributed by atoms with Crippen molar-refractivity contribution in [1.29, 1.82) is 0 Å². The van der Waals surface area contributed by atoms with Crippen molar-refractivity contribution in [2.24, 2.45) is 0 Å². The van der Waals surface area contributed by atoms with Gasteiger partial charge in [-0.15, -0.1) is 0 Å². The van der Waals surface area contributed by atoms with Crippen LogP contribution >= 0.6 is 0 Å². The standard InChI is InChI=1S/C19H21N5O2/c20-14-1-2-15(23-16(14)18(26)24-6-3-12(25)9-24)11-7-13-17(21-8-11)22-10-19(13)4-5-19/h1-2,7-8,12,25H,3-6,9-10,20H2,(H,21,22)/t12-/m0/s1. The van der Waals surface area contributed by atoms with E-state index in [0.29, 0.717) is 30.9 Å². The van der Waals surface area contributed by atoms with Gasteiger partial charge in [0.05, 0.1) is 17.5 Å². The number of nitrogens with two attached hydrogens (primary N) is 1. The summed E-state index contributed by atoms with van der Waals surface area (Å²) in [5, 5.41) is 13.1. The molecular weight excluding hydrogens is 330 g/mol. The van der Waals surface area contributed by atoms with Crippen LogP contribution in [0.25, 0.3) is 11.3 Å². The Morgan fingerprint density at radius 3 is 2.96 bits per heavy atom. The monoisotopic (exact) mass is 351 g/mol. The number of likely N-dealkylation sites (tertiary alicyclic amines) is 1. The summed E-state index contributed by atoms with van der Waals surface area (Å²) >= 11 is 0. The summed E-state index contributed by atoms with van der Waals surface area (Å²) in [5.41, 5.74) is 9.71. The van der Waals surface area contributed by atoms with Crippen LogP contribution in [0, 0.1) is 0 Å². The molecule has 1 saturated heterocycles. The molecule has 0 unspecified atom stereocenters. The Balaban J connectivity index is 1.50. The van der Waals surface area contributed by atoms with Gasteiger partial charge in [0.1, 0.15) is 5.82 Å². The van der Waals surface area contributed by atoms with Gasteiger partial charge in [0.15, 0.2) is 5.69 Å². The summed E-state index contributed by atoms with van der Waals surface area (Å²) in [6.07, 6.45) is 4.30. The quantitative estimate of drug-likeness (QED) is 0.755. The fraction of sp³-hybridized carbons (Fsp3) is 0.421. The van der Waals surface area contributed by atoms with Crippen LogP contribution in [0.2, 0.25) is 0 Å². The number of β-amino-alcohol motifs (C(OH)–C–C–N with tert-alkyl or cyclic N) is 1. The molecule has 3 aliphatic rings. The maximum absolute atomic E-state index is 12.7. The number of hydrogen-bond donors (Lipinski definition) is 3. The summed E-state index contributed by atoms with van der Waals surface area (Å²) in [6.45, 7) is 1.81. The molecule has 0 radical (unpaired) electrons. The molecule has 2 aromatic heterocycles. The predicted molar refractivity (Wildman–Crippen MR) is 97.8 cm³/mol. The number of carbonyl (C=O) groups is 1. The zero-order chi connectivity index (χ0) is 17.9. The van der Waals surface area contributed by atoms with Gasteiger partial charge < -0.3 is 21.1 Å². The first-order valence-corrected chi connectivity index (χ1v) is 9.04. The third kappa shape index (κ3) is 2.34. The number of rotatable bonds is 2. The van der Waals surface area contributed by atoms with Crippen LogP contribution in [0.15, 0.2) is 24.4 Å². The SMILES string of the molecule is Nc1ccc(-c2cnc3c(c2)C2(CC2)CN3)nc1C(=O)N1CC[C@H](O)C1. The van der Waals surface area contributed by atoms with Crippen molar-refractivity contribution < 1.29 is 9.90 Å². The van der Waals surface area contributed by atoms with Gasteiger partial charge in [0, 0.05) is 42.4 Å². The van der Waals surface area contributed by atoms with E-state index in [4.69, 9.17) is 5.73 Å². The molecule has 7 nitrogen and oxygen atoms in total. The van der Waals surface area contributed by atoms with Crippen molar-refractivity contribution >= 4 is 17.4 Å². The molecule has 1 spiro atoms. The first kappa shape index (κ1) is 15.6. The number of anilines is 2. The molecule has 134 valence electrons. The second-order valence-electron chi connectivity index (χ2n) is 7.58. The Morgan fingerprint density at radius 1 is 1.38 bits per heavy atom. The van der Waals surface area contributed by atoms with Crippen LogP contribution in [0.4, 0.5) is 11.5 Å². The van der Waals surface area contributed by atoms with Crippen molar-refractivity contribution in [3.05, 3.63) is 35.7 Å². The lowest BCUT2D eigenvalue weighted by atomic mass is 9.98. The largest absolute Gasteiger partial charge is 0.397 e. The van der Waals surface area contributed by atoms with Crippen molar-refractivity contribution in [2.75, 3.05) is 30.7 Å². The molecule has 1 atom stereocenters. The van der Waals surface area contributed by atoms with E-state index < -0.39 is 6.10 Å². The lowest BCUT2D eigenvalue weighted by molar-refractivity contribution is 0.0760. The summed E-state index contributed by atoms with van der Waals surface area (Å²) < 4.78 is 0. The lowest BCUT2D eigenvalue weighted by Crippen LogP contribution is -2.31. The summed E-state index contributed by atoms with van der Waals surface area (Å²) in [5.74, 6) is 0.736. The van der Waals surface area contributed by atoms with Gasteiger partial charge in [0.25, 0.3) is 5.91 Å². The fourth-order valence-electron chi connectivity index (χ4n) is 3.97. The summed E-state index contributed by atoms with van der Waals surface area (Å²) in [7, 11) is 0. The maximum Gasteiger partial charge on any atom is 0.274 e. The van der Waals surface area contributed by atoms with Gasteiger partial charge >= 0.3 is 0 Å². The number of hydrogen-bond acceptors (Lipinski definition) is 6. The van der Waals surface area contributed by atoms with Crippen molar-refractivity contribution in [1.82, 2.24) is 14.9 Å². The molecule has 1 aliphatic carbocycles. The first-order chi connectivity index (χ1) is 12.6. The summed E-state index contributed by atoms with van der Waals surface area (Å²) in [6, 6.07) is 5.69. The van der Waals surface area contributed by atoms with Crippen LogP contribution in [0.5, 0.6) is 0 Å². The van der Waals surface area contributed by atoms with E-state index in [1.54, 1.807) is 17.2 Å². The highest BCUT2D eigenvalue weighted by Gasteiger charge is 2.49. The van der Waals surface area contributed by atoms with Crippen LogP contribution in [0.1, 0.15) is 35.3 Å². The van der Waals surface area contributed by atoms with E-state index in [2.05, 4.69) is 21.4 Å². The molecule has 5 rings (SSSR count). The average Bonchev–Trinajstić information content (AvgIpc) is 3.17. The highest BCUT2D eigenvalue weighted by Crippen LogP contribution is 2.54. The number of aliphatic hydroxyl groups is 1. The number of aromatic nitrogens is 2. The van der Waals surface area contributed by atoms with Crippen molar-refractivity contribution in [2.45, 2.75) is 30.8 Å². The van der Waals surface area contributed by atoms with Gasteiger partial charge in [-0.05, 0) is 37.5 Å². The molecule has 0 aromatic carbocycles. The van der Waals surface area contributed by atoms with E-state index in [1.807, 2.05) is 6.07 Å². The first-order valence-electron chi connectivity index (χ1n) is 9.04. The van der Waals surface area contributed by atoms with Crippen molar-refractivity contribution in [3.8, 4) is 11.3 Å². The zero-order valence-corrected chi connectivity index (χ0v) is 14.4. The minimum Gasteiger partial charge on any atom is -0.397 e. The maximum atomic E-state index is 12.7. The van der Waals surface area contributed by atoms with Gasteiger partial charge in [-0.3, -0.25) is 4.79 Å². The minimum atomic E-state index is -0.466. The normalized spacial score (nSPS) is 22.3. The van der Waals surface area contributed by atoms with E-state index >= 15 is 0 Å². The topological polar surface area (TPSA) is 104 Å². The molecule has 1 saturated carbocycles. The Morgan fingerprint density at radius 2 is 2.23 bits per heavy atom. The number of aliphatic hydroxyl groups excluding tert-OH is 1. The van der Waals surface area contributed by atoms with Crippen LogP contribution < -0.4 is 11.1 Å². The van der Waals surface area contributed by atoms with E-state index in [9.17, 15) is 9.90 Å². The van der Waals surface area contributed by atoms with Gasteiger partial charge in [-0.1, -0.05) is 0 Å². The number of nitrogens with zero attached hydrogens (tertiary/aromatic N) is 3. The Hall–Kier alpha value is -2.67. The number of pyridine rings is 2. The zero-order valence-electron chi connectivity index (χ0n) is 14.4. The van der Waals surface area contributed by atoms with E-state index in [-0.39, 0.29) is 17.0 Å². The van der Waals surface area contributed by atoms with Crippen LogP contribution in [-0.2, 0) is 5.41 Å². The molecule has 26 heavy (non-hydrogen) atoms. The van der Waals surface area contributed by atoms with Gasteiger partial charge in [0.2, 0.25) is 0 Å². The van der Waals surface area contributed by atoms with Crippen LogP contribution in [0.3, 0.4) is 0 Å². The molecule has 7 heteroatoms. The van der Waals surface area contributed by atoms with Gasteiger partial charge in [-0.25, -0.2) is 9.97 Å². The second kappa shape index (κ2) is 5.41. The fourth-order valence-corrected chi connectivity index (χ4v) is 3.97. The number of amides is 1. The minimum absolute atomic E-state index is 0.227. The molecule has 2 fully saturated rings. The third-order valence-corrected chi connectivity index (χ3v) is 5.78. The summed E-state index contributed by atoms with van der Waals surface area (Å²) in [4.78, 5) is 23.4. The molecule has 4 heterocycles. The van der Waals surface area contributed by atoms with Crippen LogP contribution in [-0.4, -0.2) is 51.6 Å². The molecular formula is C19H21N5O2. The number of nitrogens with one attached hydrogen (secondary N) is 1. The predicted octanol–water partition coefficient (Wildman–Crippen LogP) is 1.39. The number of fused-ring (bicyclic) bond motifs is 2. The molecule has 4 N–H and O–H groups in total. The van der Waals surface area contributed by atoms with E-state index in [1.165, 1.54) is 18.4 Å². The molecule has 2 aliphatic heterocycles. The average molecular weight is 351 g/mol. The highest BCUT2D eigenvalue weighted by atomic mass is 16.3. The third-order valence-electron chi connectivity index (χ3n) is 5.78. The highest BCUT2D eigenvalue weighted by molar-refractivity contribution is 5.98. The van der Waals surface area contributed by atoms with Gasteiger partial charge in [-0.2, -0.15) is 0 Å². The van der Waals surface area contributed by atoms with E-state index in [0.717, 1.165) is 17.9 Å².